The van der Waals surface area contributed by atoms with Gasteiger partial charge in [-0.3, -0.25) is 0 Å². The molecule has 0 aromatic carbocycles. The minimum atomic E-state index is -1.67. The molecule has 7 heteroatoms. The van der Waals surface area contributed by atoms with Gasteiger partial charge in [-0.1, -0.05) is 0 Å². The average molecular weight is 252 g/mol. The second kappa shape index (κ2) is 8.12. The van der Waals surface area contributed by atoms with Gasteiger partial charge in [-0.2, -0.15) is 0 Å². The van der Waals surface area contributed by atoms with Crippen molar-refractivity contribution >= 4 is 9.53 Å². The molecule has 2 aliphatic rings. The highest BCUT2D eigenvalue weighted by atomic mass is 28.3. The van der Waals surface area contributed by atoms with E-state index in [1.165, 1.54) is 0 Å². The monoisotopic (exact) mass is 252 g/mol. The Hall–Kier alpha value is -0.0231. The fourth-order valence-corrected chi connectivity index (χ4v) is 1.53. The topological polar surface area (TPSA) is 62.0 Å². The highest BCUT2D eigenvalue weighted by molar-refractivity contribution is 6.36. The largest absolute Gasteiger partial charge is 0.483 e. The molecule has 6 nitrogen and oxygen atoms in total. The third kappa shape index (κ3) is 7.28. The Bertz CT molecular complexity index is 152. The van der Waals surface area contributed by atoms with Crippen LogP contribution >= 0.6 is 0 Å². The van der Waals surface area contributed by atoms with Gasteiger partial charge in [0, 0.05) is 21.3 Å². The van der Waals surface area contributed by atoms with Crippen molar-refractivity contribution in [1.82, 2.24) is 0 Å². The fraction of sp³-hybridized carbons (Fsp3) is 1.00. The summed E-state index contributed by atoms with van der Waals surface area (Å²) >= 11 is 0. The van der Waals surface area contributed by atoms with Crippen LogP contribution in [0.2, 0.25) is 0 Å². The predicted molar refractivity (Wildman–Crippen MR) is 58.5 cm³/mol. The molecule has 2 heterocycles. The van der Waals surface area contributed by atoms with E-state index in [2.05, 4.69) is 0 Å². The van der Waals surface area contributed by atoms with Gasteiger partial charge in [0.05, 0.1) is 26.4 Å². The van der Waals surface area contributed by atoms with Crippen molar-refractivity contribution in [2.24, 2.45) is 0 Å². The standard InChI is InChI=1S/C6H10O3.C3H10O3Si/c1(5-3-8-5)7-2-6-4-9-6;1-4-7(5-2)6-3/h5-6H,1-4H2;7H,1-3H3/t5-,6-;/m0./s1. The van der Waals surface area contributed by atoms with Gasteiger partial charge in [0.1, 0.15) is 12.2 Å². The Kier molecular flexibility index (Phi) is 7.13. The average Bonchev–Trinajstić information content (AvgIpc) is 3.16. The summed E-state index contributed by atoms with van der Waals surface area (Å²) in [5.74, 6) is 0. The summed E-state index contributed by atoms with van der Waals surface area (Å²) < 4.78 is 29.4. The van der Waals surface area contributed by atoms with Gasteiger partial charge >= 0.3 is 9.53 Å². The zero-order valence-electron chi connectivity index (χ0n) is 10.0. The summed E-state index contributed by atoms with van der Waals surface area (Å²) in [6.07, 6.45) is 0.785. The maximum Gasteiger partial charge on any atom is 0.483 e. The molecule has 0 N–H and O–H groups in total. The van der Waals surface area contributed by atoms with Crippen molar-refractivity contribution in [2.75, 3.05) is 47.8 Å². The molecule has 0 radical (unpaired) electrons. The van der Waals surface area contributed by atoms with E-state index < -0.39 is 9.53 Å². The van der Waals surface area contributed by atoms with Gasteiger partial charge in [-0.05, 0) is 0 Å². The molecular weight excluding hydrogens is 232 g/mol. The van der Waals surface area contributed by atoms with Crippen LogP contribution in [0, 0.1) is 0 Å². The number of hydrogen-bond acceptors (Lipinski definition) is 6. The van der Waals surface area contributed by atoms with Gasteiger partial charge in [0.25, 0.3) is 0 Å². The molecule has 0 aromatic heterocycles. The molecule has 2 aliphatic heterocycles. The van der Waals surface area contributed by atoms with Crippen LogP contribution in [0.5, 0.6) is 0 Å². The zero-order valence-corrected chi connectivity index (χ0v) is 11.2. The molecule has 0 aromatic rings. The van der Waals surface area contributed by atoms with Gasteiger partial charge in [0.15, 0.2) is 0 Å². The maximum atomic E-state index is 5.23. The Morgan fingerprint density at radius 1 is 0.938 bits per heavy atom. The third-order valence-corrected chi connectivity index (χ3v) is 3.14. The summed E-state index contributed by atoms with van der Waals surface area (Å²) in [5.41, 5.74) is 0. The van der Waals surface area contributed by atoms with Crippen molar-refractivity contribution in [2.45, 2.75) is 12.2 Å². The van der Waals surface area contributed by atoms with Crippen molar-refractivity contribution in [3.63, 3.8) is 0 Å². The van der Waals surface area contributed by atoms with Crippen LogP contribution in [0.1, 0.15) is 0 Å². The van der Waals surface area contributed by atoms with Crippen molar-refractivity contribution in [3.8, 4) is 0 Å². The minimum absolute atomic E-state index is 0.392. The first-order valence-electron chi connectivity index (χ1n) is 5.19. The molecule has 0 bridgehead atoms. The fourth-order valence-electron chi connectivity index (χ4n) is 0.948. The highest BCUT2D eigenvalue weighted by Crippen LogP contribution is 2.12. The summed E-state index contributed by atoms with van der Waals surface area (Å²) in [6.45, 7) is 3.26. The lowest BCUT2D eigenvalue weighted by Gasteiger charge is -2.05. The number of hydrogen-bond donors (Lipinski definition) is 0. The Morgan fingerprint density at radius 2 is 1.31 bits per heavy atom. The maximum absolute atomic E-state index is 5.23. The molecule has 2 fully saturated rings. The summed E-state index contributed by atoms with van der Waals surface area (Å²) in [4.78, 5) is 0. The van der Waals surface area contributed by atoms with Crippen LogP contribution in [0.25, 0.3) is 0 Å². The van der Waals surface area contributed by atoms with Gasteiger partial charge in [-0.15, -0.1) is 0 Å². The molecule has 96 valence electrons. The van der Waals surface area contributed by atoms with Gasteiger partial charge < -0.3 is 27.5 Å². The van der Waals surface area contributed by atoms with Crippen LogP contribution in [0.4, 0.5) is 0 Å². The minimum Gasteiger partial charge on any atom is -0.379 e. The number of epoxide rings is 2. The van der Waals surface area contributed by atoms with Crippen molar-refractivity contribution < 1.29 is 27.5 Å². The predicted octanol–water partition coefficient (Wildman–Crippen LogP) is -0.557. The molecule has 0 aliphatic carbocycles. The first-order valence-corrected chi connectivity index (χ1v) is 6.61. The smallest absolute Gasteiger partial charge is 0.379 e. The van der Waals surface area contributed by atoms with Crippen LogP contribution in [-0.2, 0) is 27.5 Å². The van der Waals surface area contributed by atoms with E-state index >= 15 is 0 Å². The lowest BCUT2D eigenvalue weighted by Crippen LogP contribution is -2.21. The normalized spacial score (nSPS) is 26.2. The molecule has 0 unspecified atom stereocenters. The van der Waals surface area contributed by atoms with E-state index in [4.69, 9.17) is 27.5 Å². The molecular formula is C9H20O6Si. The van der Waals surface area contributed by atoms with E-state index in [0.717, 1.165) is 26.4 Å². The summed E-state index contributed by atoms with van der Waals surface area (Å²) in [6, 6.07) is 0. The van der Waals surface area contributed by atoms with E-state index in [1.54, 1.807) is 21.3 Å². The lowest BCUT2D eigenvalue weighted by atomic mass is 10.5. The van der Waals surface area contributed by atoms with Gasteiger partial charge in [-0.25, -0.2) is 0 Å². The third-order valence-electron chi connectivity index (χ3n) is 1.99. The Morgan fingerprint density at radius 3 is 1.50 bits per heavy atom. The first-order chi connectivity index (χ1) is 7.80. The van der Waals surface area contributed by atoms with Crippen LogP contribution in [0.15, 0.2) is 0 Å². The van der Waals surface area contributed by atoms with Crippen LogP contribution in [0.3, 0.4) is 0 Å². The molecule has 2 atom stereocenters. The van der Waals surface area contributed by atoms with E-state index in [0.29, 0.717) is 12.2 Å². The van der Waals surface area contributed by atoms with E-state index in [1.807, 2.05) is 0 Å². The van der Waals surface area contributed by atoms with Crippen molar-refractivity contribution in [3.05, 3.63) is 0 Å². The SMILES string of the molecule is C(OC[C@H]1CO1)[C@H]1CO1.CO[SiH](OC)OC. The first kappa shape index (κ1) is 14.0. The molecule has 0 amide bonds. The number of rotatable bonds is 7. The number of ether oxygens (including phenoxy) is 3. The van der Waals surface area contributed by atoms with E-state index in [9.17, 15) is 0 Å². The highest BCUT2D eigenvalue weighted by Gasteiger charge is 2.26. The molecule has 2 rings (SSSR count). The molecule has 2 saturated heterocycles. The molecule has 0 spiro atoms. The summed E-state index contributed by atoms with van der Waals surface area (Å²) in [5, 5.41) is 0. The molecule has 16 heavy (non-hydrogen) atoms. The Labute approximate surface area is 97.7 Å². The molecule has 0 saturated carbocycles. The second-order valence-electron chi connectivity index (χ2n) is 3.44. The quantitative estimate of drug-likeness (QED) is 0.447. The summed E-state index contributed by atoms with van der Waals surface area (Å²) in [7, 11) is 3.05. The second-order valence-corrected chi connectivity index (χ2v) is 5.44. The van der Waals surface area contributed by atoms with Gasteiger partial charge in [0.2, 0.25) is 0 Å². The Balaban J connectivity index is 0.000000168. The van der Waals surface area contributed by atoms with E-state index in [-0.39, 0.29) is 0 Å². The van der Waals surface area contributed by atoms with Crippen LogP contribution in [-0.4, -0.2) is 69.5 Å². The van der Waals surface area contributed by atoms with Crippen LogP contribution < -0.4 is 0 Å². The lowest BCUT2D eigenvalue weighted by molar-refractivity contribution is 0.102. The zero-order chi connectivity index (χ0) is 11.8. The van der Waals surface area contributed by atoms with Crippen molar-refractivity contribution in [1.29, 1.82) is 0 Å².